The number of hydrogen-bond acceptors (Lipinski definition) is 10. The smallest absolute Gasteiger partial charge is 0.339 e. The van der Waals surface area contributed by atoms with Crippen molar-refractivity contribution in [3.05, 3.63) is 29.8 Å². The highest BCUT2D eigenvalue weighted by atomic mass is 16.6. The molecule has 1 heterocycles. The van der Waals surface area contributed by atoms with Crippen LogP contribution in [0.4, 0.5) is 0 Å². The van der Waals surface area contributed by atoms with Crippen LogP contribution in [0.15, 0.2) is 24.3 Å². The van der Waals surface area contributed by atoms with E-state index in [-0.39, 0.29) is 11.5 Å². The molecule has 27 heavy (non-hydrogen) atoms. The van der Waals surface area contributed by atoms with Crippen molar-refractivity contribution in [3.8, 4) is 11.5 Å². The molecule has 10 heteroatoms. The number of esters is 3. The second-order valence-electron chi connectivity index (χ2n) is 5.48. The lowest BCUT2D eigenvalue weighted by atomic mass is 10.1. The van der Waals surface area contributed by atoms with E-state index in [0.29, 0.717) is 5.56 Å². The number of aliphatic hydroxyl groups is 2. The molecule has 0 bridgehead atoms. The van der Waals surface area contributed by atoms with Crippen LogP contribution in [0, 0.1) is 0 Å². The van der Waals surface area contributed by atoms with Crippen LogP contribution >= 0.6 is 0 Å². The molecule has 0 spiro atoms. The third-order valence-electron chi connectivity index (χ3n) is 3.75. The number of carbonyl (C=O) groups is 3. The average molecular weight is 382 g/mol. The zero-order valence-corrected chi connectivity index (χ0v) is 14.4. The van der Waals surface area contributed by atoms with Crippen molar-refractivity contribution in [2.45, 2.75) is 24.4 Å². The van der Waals surface area contributed by atoms with E-state index in [4.69, 9.17) is 14.2 Å². The van der Waals surface area contributed by atoms with E-state index < -0.39 is 42.3 Å². The van der Waals surface area contributed by atoms with Gasteiger partial charge in [0, 0.05) is 6.08 Å². The zero-order chi connectivity index (χ0) is 20.1. The van der Waals surface area contributed by atoms with Gasteiger partial charge in [0.1, 0.15) is 0 Å². The van der Waals surface area contributed by atoms with Gasteiger partial charge in [-0.05, 0) is 23.8 Å². The summed E-state index contributed by atoms with van der Waals surface area (Å²) in [4.78, 5) is 34.9. The number of phenols is 1. The molecule has 1 aromatic rings. The number of phenolic OH excluding ortho intramolecular Hbond substituents is 1. The van der Waals surface area contributed by atoms with Crippen LogP contribution in [0.1, 0.15) is 5.56 Å². The molecule has 0 amide bonds. The first-order valence-electron chi connectivity index (χ1n) is 7.68. The van der Waals surface area contributed by atoms with Crippen molar-refractivity contribution in [1.29, 1.82) is 0 Å². The predicted octanol–water partition coefficient (Wildman–Crippen LogP) is -0.854. The second-order valence-corrected chi connectivity index (χ2v) is 5.48. The summed E-state index contributed by atoms with van der Waals surface area (Å²) in [7, 11) is 2.37. The third-order valence-corrected chi connectivity index (χ3v) is 3.75. The first-order valence-corrected chi connectivity index (χ1v) is 7.68. The molecule has 1 saturated heterocycles. The van der Waals surface area contributed by atoms with E-state index in [1.54, 1.807) is 0 Å². The minimum Gasteiger partial charge on any atom is -0.504 e. The highest BCUT2D eigenvalue weighted by Crippen LogP contribution is 2.27. The van der Waals surface area contributed by atoms with Gasteiger partial charge in [-0.1, -0.05) is 6.07 Å². The normalized spacial score (nSPS) is 23.0. The number of aliphatic hydroxyl groups excluding tert-OH is 2. The molecule has 1 aliphatic rings. The average Bonchev–Trinajstić information content (AvgIpc) is 2.94. The number of rotatable bonds is 6. The van der Waals surface area contributed by atoms with Gasteiger partial charge in [-0.2, -0.15) is 0 Å². The molecule has 0 unspecified atom stereocenters. The number of methoxy groups -OCH3 is 2. The molecule has 10 nitrogen and oxygen atoms in total. The Hall–Kier alpha value is -3.11. The summed E-state index contributed by atoms with van der Waals surface area (Å²) in [5, 5.41) is 29.1. The molecular formula is C17H18O10. The minimum absolute atomic E-state index is 0.0818. The molecule has 146 valence electrons. The van der Waals surface area contributed by atoms with Gasteiger partial charge in [0.05, 0.1) is 14.2 Å². The van der Waals surface area contributed by atoms with Crippen LogP contribution in [0.5, 0.6) is 11.5 Å². The van der Waals surface area contributed by atoms with Crippen molar-refractivity contribution in [3.63, 3.8) is 0 Å². The Bertz CT molecular complexity index is 756. The molecule has 1 aliphatic heterocycles. The van der Waals surface area contributed by atoms with E-state index in [1.165, 1.54) is 31.4 Å². The topological polar surface area (TPSA) is 149 Å². The Morgan fingerprint density at radius 1 is 1.30 bits per heavy atom. The number of aromatic hydroxyl groups is 1. The maximum Gasteiger partial charge on any atom is 0.339 e. The number of ether oxygens (including phenoxy) is 4. The fourth-order valence-electron chi connectivity index (χ4n) is 2.35. The molecular weight excluding hydrogens is 364 g/mol. The number of cyclic esters (lactones) is 1. The monoisotopic (exact) mass is 382 g/mol. The standard InChI is InChI=1S/C17H18O10/c1-24-10-7-8(3-5-9(10)18)4-6-11(19)26-14-13(21)17(23)27-15(14)12(20)16(22)25-2/h3-7,12-15,18,20-21H,1-2H3/t12-,13+,14+,15-/m0/s1. The van der Waals surface area contributed by atoms with Gasteiger partial charge in [0.25, 0.3) is 0 Å². The van der Waals surface area contributed by atoms with Crippen molar-refractivity contribution in [2.24, 2.45) is 0 Å². The molecule has 0 radical (unpaired) electrons. The highest BCUT2D eigenvalue weighted by molar-refractivity contribution is 5.88. The molecule has 1 aromatic carbocycles. The fourth-order valence-corrected chi connectivity index (χ4v) is 2.35. The molecule has 0 aliphatic carbocycles. The first kappa shape index (κ1) is 20.2. The SMILES string of the molecule is COC(=O)[C@@H](O)[C@@H]1OC(=O)[C@H](O)[C@H]1OC(=O)C=Cc1ccc(O)c(OC)c1. The summed E-state index contributed by atoms with van der Waals surface area (Å²) < 4.78 is 18.9. The van der Waals surface area contributed by atoms with E-state index in [0.717, 1.165) is 13.2 Å². The largest absolute Gasteiger partial charge is 0.504 e. The molecule has 2 rings (SSSR count). The highest BCUT2D eigenvalue weighted by Gasteiger charge is 2.51. The van der Waals surface area contributed by atoms with Gasteiger partial charge in [-0.15, -0.1) is 0 Å². The van der Waals surface area contributed by atoms with Crippen LogP contribution in [0.3, 0.4) is 0 Å². The Balaban J connectivity index is 2.10. The van der Waals surface area contributed by atoms with Crippen LogP contribution in [-0.2, 0) is 28.6 Å². The van der Waals surface area contributed by atoms with Gasteiger partial charge in [-0.3, -0.25) is 0 Å². The van der Waals surface area contributed by atoms with Gasteiger partial charge >= 0.3 is 17.9 Å². The Kier molecular flexibility index (Phi) is 6.37. The maximum absolute atomic E-state index is 12.0. The quantitative estimate of drug-likeness (QED) is 0.322. The van der Waals surface area contributed by atoms with Crippen molar-refractivity contribution in [1.82, 2.24) is 0 Å². The predicted molar refractivity (Wildman–Crippen MR) is 87.5 cm³/mol. The van der Waals surface area contributed by atoms with E-state index >= 15 is 0 Å². The van der Waals surface area contributed by atoms with Crippen molar-refractivity contribution >= 4 is 24.0 Å². The van der Waals surface area contributed by atoms with Gasteiger partial charge in [0.2, 0.25) is 0 Å². The lowest BCUT2D eigenvalue weighted by Gasteiger charge is -2.21. The third kappa shape index (κ3) is 4.54. The summed E-state index contributed by atoms with van der Waals surface area (Å²) in [5.41, 5.74) is 0.493. The number of benzene rings is 1. The molecule has 3 N–H and O–H groups in total. The molecule has 4 atom stereocenters. The number of carbonyl (C=O) groups excluding carboxylic acids is 3. The van der Waals surface area contributed by atoms with E-state index in [9.17, 15) is 29.7 Å². The maximum atomic E-state index is 12.0. The first-order chi connectivity index (χ1) is 12.8. The lowest BCUT2D eigenvalue weighted by Crippen LogP contribution is -2.45. The second kappa shape index (κ2) is 8.52. The summed E-state index contributed by atoms with van der Waals surface area (Å²) in [5.74, 6) is -3.12. The molecule has 0 saturated carbocycles. The van der Waals surface area contributed by atoms with Crippen LogP contribution in [0.25, 0.3) is 6.08 Å². The Labute approximate surface area is 153 Å². The van der Waals surface area contributed by atoms with Crippen molar-refractivity contribution in [2.75, 3.05) is 14.2 Å². The summed E-state index contributed by atoms with van der Waals surface area (Å²) in [6.07, 6.45) is -4.67. The summed E-state index contributed by atoms with van der Waals surface area (Å²) >= 11 is 0. The van der Waals surface area contributed by atoms with Crippen LogP contribution in [0.2, 0.25) is 0 Å². The van der Waals surface area contributed by atoms with Crippen molar-refractivity contribution < 1.29 is 48.7 Å². The summed E-state index contributed by atoms with van der Waals surface area (Å²) in [6, 6.07) is 4.32. The van der Waals surface area contributed by atoms with Gasteiger partial charge < -0.3 is 34.3 Å². The zero-order valence-electron chi connectivity index (χ0n) is 14.4. The van der Waals surface area contributed by atoms with Crippen LogP contribution < -0.4 is 4.74 Å². The van der Waals surface area contributed by atoms with E-state index in [2.05, 4.69) is 4.74 Å². The Morgan fingerprint density at radius 3 is 2.63 bits per heavy atom. The minimum atomic E-state index is -1.93. The number of hydrogen-bond donors (Lipinski definition) is 3. The van der Waals surface area contributed by atoms with Gasteiger partial charge in [0.15, 0.2) is 35.9 Å². The molecule has 0 aromatic heterocycles. The Morgan fingerprint density at radius 2 is 2.00 bits per heavy atom. The fraction of sp³-hybridized carbons (Fsp3) is 0.353. The van der Waals surface area contributed by atoms with E-state index in [1.807, 2.05) is 0 Å². The lowest BCUT2D eigenvalue weighted by molar-refractivity contribution is -0.169. The molecule has 1 fully saturated rings. The van der Waals surface area contributed by atoms with Gasteiger partial charge in [-0.25, -0.2) is 14.4 Å². The summed E-state index contributed by atoms with van der Waals surface area (Å²) in [6.45, 7) is 0. The van der Waals surface area contributed by atoms with Crippen LogP contribution in [-0.4, -0.2) is 71.9 Å².